The molecule has 1 aromatic carbocycles. The van der Waals surface area contributed by atoms with Gasteiger partial charge < -0.3 is 20.1 Å². The number of rotatable bonds is 5. The van der Waals surface area contributed by atoms with Gasteiger partial charge >= 0.3 is 0 Å². The van der Waals surface area contributed by atoms with Gasteiger partial charge in [0.25, 0.3) is 0 Å². The highest BCUT2D eigenvalue weighted by Gasteiger charge is 2.23. The third kappa shape index (κ3) is 3.61. The summed E-state index contributed by atoms with van der Waals surface area (Å²) in [4.78, 5) is 2.08. The van der Waals surface area contributed by atoms with Gasteiger partial charge in [-0.3, -0.25) is 0 Å². The second-order valence-corrected chi connectivity index (χ2v) is 5.28. The van der Waals surface area contributed by atoms with Crippen LogP contribution >= 0.6 is 0 Å². The van der Waals surface area contributed by atoms with Crippen LogP contribution in [0.5, 0.6) is 0 Å². The number of nitrogen functional groups attached to an aromatic ring is 1. The minimum Gasteiger partial charge on any atom is -0.399 e. The molecule has 1 fully saturated rings. The van der Waals surface area contributed by atoms with Crippen molar-refractivity contribution < 1.29 is 13.9 Å². The highest BCUT2D eigenvalue weighted by atomic mass is 19.1. The van der Waals surface area contributed by atoms with E-state index in [0.29, 0.717) is 17.3 Å². The van der Waals surface area contributed by atoms with E-state index in [1.807, 2.05) is 0 Å². The van der Waals surface area contributed by atoms with Gasteiger partial charge in [-0.2, -0.15) is 0 Å². The highest BCUT2D eigenvalue weighted by Crippen LogP contribution is 2.29. The molecule has 1 heterocycles. The van der Waals surface area contributed by atoms with Crippen LogP contribution in [0.1, 0.15) is 19.3 Å². The normalized spacial score (nSPS) is 16.9. The number of methoxy groups -OCH3 is 2. The van der Waals surface area contributed by atoms with E-state index in [2.05, 4.69) is 4.90 Å². The second-order valence-electron chi connectivity index (χ2n) is 5.28. The Morgan fingerprint density at radius 2 is 1.95 bits per heavy atom. The van der Waals surface area contributed by atoms with Gasteiger partial charge in [0.2, 0.25) is 0 Å². The van der Waals surface area contributed by atoms with Gasteiger partial charge in [0, 0.05) is 39.4 Å². The zero-order valence-electron chi connectivity index (χ0n) is 12.1. The number of piperidine rings is 1. The smallest absolute Gasteiger partial charge is 0.157 e. The Bertz CT molecular complexity index is 430. The van der Waals surface area contributed by atoms with Crippen LogP contribution in [0.4, 0.5) is 15.8 Å². The first-order valence-electron chi connectivity index (χ1n) is 6.99. The number of hydrogen-bond acceptors (Lipinski definition) is 4. The van der Waals surface area contributed by atoms with Crippen molar-refractivity contribution in [2.24, 2.45) is 5.92 Å². The minimum absolute atomic E-state index is 0.139. The molecule has 112 valence electrons. The van der Waals surface area contributed by atoms with Gasteiger partial charge in [-0.15, -0.1) is 0 Å². The maximum atomic E-state index is 13.9. The van der Waals surface area contributed by atoms with Crippen molar-refractivity contribution in [1.82, 2.24) is 0 Å². The SMILES string of the molecule is COC(CC1CCN(c2ccc(N)cc2F)CC1)OC. The Kier molecular flexibility index (Phi) is 5.20. The minimum atomic E-state index is -0.241. The highest BCUT2D eigenvalue weighted by molar-refractivity contribution is 5.54. The molecule has 2 N–H and O–H groups in total. The van der Waals surface area contributed by atoms with E-state index in [-0.39, 0.29) is 12.1 Å². The number of nitrogens with two attached hydrogens (primary N) is 1. The first-order valence-corrected chi connectivity index (χ1v) is 6.99. The summed E-state index contributed by atoms with van der Waals surface area (Å²) in [5.74, 6) is 0.322. The lowest BCUT2D eigenvalue weighted by molar-refractivity contribution is -0.115. The first kappa shape index (κ1) is 15.1. The molecule has 0 saturated carbocycles. The Labute approximate surface area is 119 Å². The average molecular weight is 282 g/mol. The quantitative estimate of drug-likeness (QED) is 0.666. The summed E-state index contributed by atoms with van der Waals surface area (Å²) in [6.45, 7) is 1.71. The zero-order chi connectivity index (χ0) is 14.5. The Balaban J connectivity index is 1.90. The van der Waals surface area contributed by atoms with E-state index in [1.54, 1.807) is 26.4 Å². The molecule has 20 heavy (non-hydrogen) atoms. The number of hydrogen-bond donors (Lipinski definition) is 1. The fourth-order valence-corrected chi connectivity index (χ4v) is 2.75. The summed E-state index contributed by atoms with van der Waals surface area (Å²) < 4.78 is 24.4. The summed E-state index contributed by atoms with van der Waals surface area (Å²) in [6.07, 6.45) is 2.80. The van der Waals surface area contributed by atoms with Crippen molar-refractivity contribution in [3.8, 4) is 0 Å². The number of halogens is 1. The summed E-state index contributed by atoms with van der Waals surface area (Å²) >= 11 is 0. The third-order valence-corrected chi connectivity index (χ3v) is 3.98. The van der Waals surface area contributed by atoms with Gasteiger partial charge in [0.15, 0.2) is 6.29 Å². The van der Waals surface area contributed by atoms with Crippen LogP contribution in [-0.2, 0) is 9.47 Å². The second kappa shape index (κ2) is 6.90. The van der Waals surface area contributed by atoms with Crippen molar-refractivity contribution >= 4 is 11.4 Å². The van der Waals surface area contributed by atoms with Crippen molar-refractivity contribution in [3.05, 3.63) is 24.0 Å². The average Bonchev–Trinajstić information content (AvgIpc) is 2.46. The summed E-state index contributed by atoms with van der Waals surface area (Å²) in [5.41, 5.74) is 6.69. The topological polar surface area (TPSA) is 47.7 Å². The van der Waals surface area contributed by atoms with Crippen LogP contribution in [0.15, 0.2) is 18.2 Å². The molecule has 0 aliphatic carbocycles. The van der Waals surface area contributed by atoms with Crippen LogP contribution in [0, 0.1) is 11.7 Å². The lowest BCUT2D eigenvalue weighted by atomic mass is 9.93. The van der Waals surface area contributed by atoms with Gasteiger partial charge in [-0.25, -0.2) is 4.39 Å². The van der Waals surface area contributed by atoms with Crippen LogP contribution in [0.25, 0.3) is 0 Å². The standard InChI is InChI=1S/C15H23FN2O2/c1-19-15(20-2)9-11-5-7-18(8-6-11)14-4-3-12(17)10-13(14)16/h3-4,10-11,15H,5-9,17H2,1-2H3. The predicted octanol–water partition coefficient (Wildman–Crippen LogP) is 2.63. The van der Waals surface area contributed by atoms with E-state index in [1.165, 1.54) is 6.07 Å². The third-order valence-electron chi connectivity index (χ3n) is 3.98. The van der Waals surface area contributed by atoms with Gasteiger partial charge in [0.05, 0.1) is 5.69 Å². The molecule has 1 aliphatic rings. The van der Waals surface area contributed by atoms with E-state index in [0.717, 1.165) is 32.4 Å². The van der Waals surface area contributed by atoms with E-state index >= 15 is 0 Å². The Morgan fingerprint density at radius 1 is 1.30 bits per heavy atom. The van der Waals surface area contributed by atoms with Crippen LogP contribution in [-0.4, -0.2) is 33.6 Å². The maximum Gasteiger partial charge on any atom is 0.157 e. The number of nitrogens with zero attached hydrogens (tertiary/aromatic N) is 1. The summed E-state index contributed by atoms with van der Waals surface area (Å²) in [6, 6.07) is 4.89. The Hall–Kier alpha value is -1.33. The number of benzene rings is 1. The first-order chi connectivity index (χ1) is 9.63. The largest absolute Gasteiger partial charge is 0.399 e. The van der Waals surface area contributed by atoms with Crippen LogP contribution in [0.2, 0.25) is 0 Å². The molecule has 2 rings (SSSR count). The predicted molar refractivity (Wildman–Crippen MR) is 78.2 cm³/mol. The van der Waals surface area contributed by atoms with Gasteiger partial charge in [-0.05, 0) is 37.0 Å². The Morgan fingerprint density at radius 3 is 2.50 bits per heavy atom. The molecule has 0 spiro atoms. The molecule has 1 aliphatic heterocycles. The van der Waals surface area contributed by atoms with E-state index in [9.17, 15) is 4.39 Å². The number of ether oxygens (including phenoxy) is 2. The fraction of sp³-hybridized carbons (Fsp3) is 0.600. The molecule has 0 unspecified atom stereocenters. The molecule has 0 atom stereocenters. The lowest BCUT2D eigenvalue weighted by Crippen LogP contribution is -2.35. The molecule has 0 bridgehead atoms. The molecule has 1 aromatic rings. The molecule has 5 heteroatoms. The molecule has 0 radical (unpaired) electrons. The van der Waals surface area contributed by atoms with E-state index in [4.69, 9.17) is 15.2 Å². The van der Waals surface area contributed by atoms with Gasteiger partial charge in [-0.1, -0.05) is 0 Å². The molecule has 4 nitrogen and oxygen atoms in total. The number of anilines is 2. The lowest BCUT2D eigenvalue weighted by Gasteiger charge is -2.34. The summed E-state index contributed by atoms with van der Waals surface area (Å²) in [7, 11) is 3.32. The fourth-order valence-electron chi connectivity index (χ4n) is 2.75. The van der Waals surface area contributed by atoms with E-state index < -0.39 is 0 Å². The van der Waals surface area contributed by atoms with Gasteiger partial charge in [0.1, 0.15) is 5.82 Å². The molecular formula is C15H23FN2O2. The summed E-state index contributed by atoms with van der Waals surface area (Å²) in [5, 5.41) is 0. The van der Waals surface area contributed by atoms with Crippen LogP contribution < -0.4 is 10.6 Å². The van der Waals surface area contributed by atoms with Crippen molar-refractivity contribution in [3.63, 3.8) is 0 Å². The molecule has 1 saturated heterocycles. The molecule has 0 aromatic heterocycles. The van der Waals surface area contributed by atoms with Crippen molar-refractivity contribution in [2.45, 2.75) is 25.6 Å². The zero-order valence-corrected chi connectivity index (χ0v) is 12.1. The molecular weight excluding hydrogens is 259 g/mol. The van der Waals surface area contributed by atoms with Crippen molar-refractivity contribution in [2.75, 3.05) is 37.9 Å². The van der Waals surface area contributed by atoms with Crippen LogP contribution in [0.3, 0.4) is 0 Å². The maximum absolute atomic E-state index is 13.9. The molecule has 0 amide bonds. The monoisotopic (exact) mass is 282 g/mol. The van der Waals surface area contributed by atoms with Crippen molar-refractivity contribution in [1.29, 1.82) is 0 Å².